The second-order valence-corrected chi connectivity index (χ2v) is 6.02. The quantitative estimate of drug-likeness (QED) is 0.778. The van der Waals surface area contributed by atoms with Crippen molar-refractivity contribution in [2.45, 2.75) is 40.2 Å². The van der Waals surface area contributed by atoms with Crippen molar-refractivity contribution in [1.29, 1.82) is 0 Å². The van der Waals surface area contributed by atoms with Gasteiger partial charge in [-0.15, -0.1) is 0 Å². The second-order valence-electron chi connectivity index (χ2n) is 6.02. The predicted octanol–water partition coefficient (Wildman–Crippen LogP) is 4.94. The summed E-state index contributed by atoms with van der Waals surface area (Å²) in [5, 5.41) is 5.94. The summed E-state index contributed by atoms with van der Waals surface area (Å²) in [5.41, 5.74) is 1.25. The maximum Gasteiger partial charge on any atom is 0.131 e. The summed E-state index contributed by atoms with van der Waals surface area (Å²) >= 11 is 0. The normalized spacial score (nSPS) is 12.8. The Hall–Kier alpha value is -1.54. The van der Waals surface area contributed by atoms with Crippen LogP contribution in [0.4, 0.5) is 0 Å². The molecule has 0 saturated heterocycles. The summed E-state index contributed by atoms with van der Waals surface area (Å²) in [4.78, 5) is 0. The van der Waals surface area contributed by atoms with Crippen LogP contribution in [0.25, 0.3) is 10.8 Å². The first-order valence-corrected chi connectivity index (χ1v) is 8.01. The zero-order chi connectivity index (χ0) is 15.2. The molecule has 0 bridgehead atoms. The Morgan fingerprint density at radius 3 is 2.52 bits per heavy atom. The molecule has 0 fully saturated rings. The molecule has 21 heavy (non-hydrogen) atoms. The van der Waals surface area contributed by atoms with Gasteiger partial charge in [0.1, 0.15) is 5.75 Å². The van der Waals surface area contributed by atoms with Crippen LogP contribution in [0.1, 0.15) is 45.7 Å². The monoisotopic (exact) mass is 285 g/mol. The lowest BCUT2D eigenvalue weighted by atomic mass is 10.0. The molecular formula is C19H27NO. The third-order valence-electron chi connectivity index (χ3n) is 3.83. The third-order valence-corrected chi connectivity index (χ3v) is 3.83. The van der Waals surface area contributed by atoms with E-state index >= 15 is 0 Å². The van der Waals surface area contributed by atoms with Gasteiger partial charge in [-0.3, -0.25) is 0 Å². The van der Waals surface area contributed by atoms with Gasteiger partial charge in [0.15, 0.2) is 0 Å². The van der Waals surface area contributed by atoms with Crippen LogP contribution in [0.2, 0.25) is 0 Å². The first-order chi connectivity index (χ1) is 10.1. The Bertz CT molecular complexity index is 577. The van der Waals surface area contributed by atoms with Gasteiger partial charge in [0.05, 0.1) is 6.61 Å². The number of nitrogens with one attached hydrogen (secondary N) is 1. The lowest BCUT2D eigenvalue weighted by Crippen LogP contribution is -2.19. The van der Waals surface area contributed by atoms with E-state index < -0.39 is 0 Å². The van der Waals surface area contributed by atoms with Crippen LogP contribution >= 0.6 is 0 Å². The molecule has 0 saturated carbocycles. The molecule has 0 radical (unpaired) electrons. The van der Waals surface area contributed by atoms with E-state index in [1.807, 2.05) is 0 Å². The van der Waals surface area contributed by atoms with Gasteiger partial charge in [0.2, 0.25) is 0 Å². The summed E-state index contributed by atoms with van der Waals surface area (Å²) in [6.07, 6.45) is 1.08. The number of hydrogen-bond donors (Lipinski definition) is 1. The highest BCUT2D eigenvalue weighted by molar-refractivity contribution is 5.89. The fraction of sp³-hybridized carbons (Fsp3) is 0.474. The fourth-order valence-electron chi connectivity index (χ4n) is 2.57. The Morgan fingerprint density at radius 1 is 1.05 bits per heavy atom. The van der Waals surface area contributed by atoms with Crippen LogP contribution in [0.5, 0.6) is 5.75 Å². The summed E-state index contributed by atoms with van der Waals surface area (Å²) in [6.45, 7) is 10.5. The van der Waals surface area contributed by atoms with E-state index in [0.717, 1.165) is 25.3 Å². The van der Waals surface area contributed by atoms with Crippen LogP contribution in [0.15, 0.2) is 36.4 Å². The molecule has 1 atom stereocenters. The molecule has 0 heterocycles. The van der Waals surface area contributed by atoms with Crippen molar-refractivity contribution in [3.05, 3.63) is 42.0 Å². The van der Waals surface area contributed by atoms with Crippen LogP contribution in [0.3, 0.4) is 0 Å². The summed E-state index contributed by atoms with van der Waals surface area (Å²) in [7, 11) is 0. The van der Waals surface area contributed by atoms with Crippen LogP contribution < -0.4 is 10.1 Å². The molecule has 0 spiro atoms. The van der Waals surface area contributed by atoms with E-state index in [0.29, 0.717) is 12.0 Å². The zero-order valence-electron chi connectivity index (χ0n) is 13.6. The molecule has 1 N–H and O–H groups in total. The lowest BCUT2D eigenvalue weighted by Gasteiger charge is -2.20. The molecule has 0 aromatic heterocycles. The molecule has 1 unspecified atom stereocenters. The topological polar surface area (TPSA) is 21.3 Å². The Labute approximate surface area is 128 Å². The van der Waals surface area contributed by atoms with E-state index in [4.69, 9.17) is 4.74 Å². The van der Waals surface area contributed by atoms with Crippen molar-refractivity contribution in [1.82, 2.24) is 5.32 Å². The molecular weight excluding hydrogens is 258 g/mol. The number of benzene rings is 2. The first kappa shape index (κ1) is 15.8. The minimum Gasteiger partial charge on any atom is -0.493 e. The minimum atomic E-state index is 0.300. The molecule has 114 valence electrons. The third kappa shape index (κ3) is 3.98. The molecule has 2 nitrogen and oxygen atoms in total. The van der Waals surface area contributed by atoms with Gasteiger partial charge in [-0.05, 0) is 31.2 Å². The SMILES string of the molecule is CCNC(C)c1ccc2ccccc2c1OCCC(C)C. The van der Waals surface area contributed by atoms with Crippen LogP contribution in [-0.2, 0) is 0 Å². The molecule has 0 aliphatic rings. The molecule has 0 aliphatic heterocycles. The highest BCUT2D eigenvalue weighted by Gasteiger charge is 2.14. The maximum absolute atomic E-state index is 6.19. The Morgan fingerprint density at radius 2 is 1.81 bits per heavy atom. The zero-order valence-corrected chi connectivity index (χ0v) is 13.6. The summed E-state index contributed by atoms with van der Waals surface area (Å²) in [5.74, 6) is 1.71. The molecule has 0 aliphatic carbocycles. The molecule has 2 aromatic rings. The predicted molar refractivity (Wildman–Crippen MR) is 91.0 cm³/mol. The van der Waals surface area contributed by atoms with Crippen molar-refractivity contribution in [3.63, 3.8) is 0 Å². The number of rotatable bonds is 7. The number of fused-ring (bicyclic) bond motifs is 1. The average molecular weight is 285 g/mol. The van der Waals surface area contributed by atoms with Gasteiger partial charge in [-0.1, -0.05) is 57.2 Å². The molecule has 2 aromatic carbocycles. The first-order valence-electron chi connectivity index (χ1n) is 8.01. The van der Waals surface area contributed by atoms with E-state index in [-0.39, 0.29) is 0 Å². The average Bonchev–Trinajstić information content (AvgIpc) is 2.47. The molecule has 2 rings (SSSR count). The maximum atomic E-state index is 6.19. The van der Waals surface area contributed by atoms with Crippen molar-refractivity contribution < 1.29 is 4.74 Å². The fourth-order valence-corrected chi connectivity index (χ4v) is 2.57. The summed E-state index contributed by atoms with van der Waals surface area (Å²) < 4.78 is 6.19. The van der Waals surface area contributed by atoms with Crippen molar-refractivity contribution in [2.24, 2.45) is 5.92 Å². The van der Waals surface area contributed by atoms with Gasteiger partial charge < -0.3 is 10.1 Å². The molecule has 2 heteroatoms. The Kier molecular flexibility index (Phi) is 5.63. The van der Waals surface area contributed by atoms with Gasteiger partial charge in [-0.25, -0.2) is 0 Å². The van der Waals surface area contributed by atoms with E-state index in [1.165, 1.54) is 16.3 Å². The van der Waals surface area contributed by atoms with Crippen LogP contribution in [-0.4, -0.2) is 13.2 Å². The van der Waals surface area contributed by atoms with E-state index in [2.05, 4.69) is 69.4 Å². The highest BCUT2D eigenvalue weighted by Crippen LogP contribution is 2.33. The molecule has 0 amide bonds. The van der Waals surface area contributed by atoms with Gasteiger partial charge in [0.25, 0.3) is 0 Å². The minimum absolute atomic E-state index is 0.300. The van der Waals surface area contributed by atoms with Gasteiger partial charge >= 0.3 is 0 Å². The van der Waals surface area contributed by atoms with Crippen LogP contribution in [0, 0.1) is 5.92 Å². The number of hydrogen-bond acceptors (Lipinski definition) is 2. The standard InChI is InChI=1S/C19H27NO/c1-5-20-15(4)17-11-10-16-8-6-7-9-18(16)19(17)21-13-12-14(2)3/h6-11,14-15,20H,5,12-13H2,1-4H3. The Balaban J connectivity index is 2.37. The lowest BCUT2D eigenvalue weighted by molar-refractivity contribution is 0.288. The van der Waals surface area contributed by atoms with Crippen molar-refractivity contribution in [3.8, 4) is 5.75 Å². The second kappa shape index (κ2) is 7.46. The largest absolute Gasteiger partial charge is 0.493 e. The van der Waals surface area contributed by atoms with Gasteiger partial charge in [-0.2, -0.15) is 0 Å². The smallest absolute Gasteiger partial charge is 0.131 e. The van der Waals surface area contributed by atoms with Crippen molar-refractivity contribution >= 4 is 10.8 Å². The van der Waals surface area contributed by atoms with E-state index in [9.17, 15) is 0 Å². The highest BCUT2D eigenvalue weighted by atomic mass is 16.5. The van der Waals surface area contributed by atoms with E-state index in [1.54, 1.807) is 0 Å². The number of ether oxygens (including phenoxy) is 1. The van der Waals surface area contributed by atoms with Gasteiger partial charge in [0, 0.05) is 17.0 Å². The summed E-state index contributed by atoms with van der Waals surface area (Å²) in [6, 6.07) is 13.1. The van der Waals surface area contributed by atoms with Crippen molar-refractivity contribution in [2.75, 3.05) is 13.2 Å².